The first-order valence-corrected chi connectivity index (χ1v) is 9.95. The van der Waals surface area contributed by atoms with Crippen molar-refractivity contribution in [3.63, 3.8) is 0 Å². The molecule has 0 aliphatic carbocycles. The lowest BCUT2D eigenvalue weighted by atomic mass is 9.86. The molecule has 0 fully saturated rings. The number of halogens is 2. The lowest BCUT2D eigenvalue weighted by Gasteiger charge is -2.38. The van der Waals surface area contributed by atoms with Crippen LogP contribution in [0.4, 0.5) is 8.78 Å². The maximum absolute atomic E-state index is 14.8. The van der Waals surface area contributed by atoms with Gasteiger partial charge >= 0.3 is 0 Å². The number of rotatable bonds is 6. The standard InChI is InChI=1S/C22H23F2N5O3/c1-14(29-11-25-20-7-5-16(32-3)9-17(20)21(29)30)22(31,10-28-13-27(2)12-26-28)18-6-4-15(23)8-19(18)24/h4-9,11-12,14,31H,10,13H2,1-3H3/t14-,22-/m1/s1. The summed E-state index contributed by atoms with van der Waals surface area (Å²) in [6.07, 6.45) is 2.88. The summed E-state index contributed by atoms with van der Waals surface area (Å²) in [5.41, 5.74) is -2.04. The number of β-amino-alcohol motifs (C(OH)–C–C–N with tert-alkyl or cyclic N) is 1. The molecule has 0 unspecified atom stereocenters. The van der Waals surface area contributed by atoms with Gasteiger partial charge in [0.1, 0.15) is 36.0 Å². The van der Waals surface area contributed by atoms with Crippen molar-refractivity contribution in [3.8, 4) is 5.75 Å². The number of benzene rings is 2. The summed E-state index contributed by atoms with van der Waals surface area (Å²) in [7, 11) is 3.29. The first kappa shape index (κ1) is 21.7. The summed E-state index contributed by atoms with van der Waals surface area (Å²) in [4.78, 5) is 19.4. The van der Waals surface area contributed by atoms with Gasteiger partial charge in [0.2, 0.25) is 0 Å². The van der Waals surface area contributed by atoms with Gasteiger partial charge in [0.15, 0.2) is 0 Å². The van der Waals surface area contributed by atoms with E-state index in [9.17, 15) is 18.7 Å². The van der Waals surface area contributed by atoms with E-state index in [1.165, 1.54) is 24.1 Å². The molecule has 0 saturated heterocycles. The highest BCUT2D eigenvalue weighted by Gasteiger charge is 2.42. The fourth-order valence-electron chi connectivity index (χ4n) is 3.89. The Morgan fingerprint density at radius 2 is 2.03 bits per heavy atom. The highest BCUT2D eigenvalue weighted by molar-refractivity contribution is 5.78. The lowest BCUT2D eigenvalue weighted by molar-refractivity contribution is -0.0457. The Morgan fingerprint density at radius 3 is 2.69 bits per heavy atom. The molecule has 4 rings (SSSR count). The average Bonchev–Trinajstić information content (AvgIpc) is 3.17. The zero-order chi connectivity index (χ0) is 23.0. The first-order valence-electron chi connectivity index (χ1n) is 9.95. The molecular weight excluding hydrogens is 420 g/mol. The molecule has 0 bridgehead atoms. The molecular formula is C22H23F2N5O3. The van der Waals surface area contributed by atoms with E-state index in [1.54, 1.807) is 48.4 Å². The maximum Gasteiger partial charge on any atom is 0.261 e. The van der Waals surface area contributed by atoms with Crippen LogP contribution < -0.4 is 10.3 Å². The second kappa shape index (κ2) is 8.19. The normalized spacial score (nSPS) is 16.4. The van der Waals surface area contributed by atoms with Crippen molar-refractivity contribution < 1.29 is 18.6 Å². The molecule has 2 atom stereocenters. The smallest absolute Gasteiger partial charge is 0.261 e. The minimum Gasteiger partial charge on any atom is -0.497 e. The predicted octanol–water partition coefficient (Wildman–Crippen LogP) is 2.28. The Morgan fingerprint density at radius 1 is 1.25 bits per heavy atom. The number of hydrogen-bond donors (Lipinski definition) is 1. The average molecular weight is 443 g/mol. The van der Waals surface area contributed by atoms with E-state index in [2.05, 4.69) is 10.1 Å². The van der Waals surface area contributed by atoms with E-state index in [4.69, 9.17) is 4.74 Å². The Kier molecular flexibility index (Phi) is 5.55. The van der Waals surface area contributed by atoms with Crippen molar-refractivity contribution in [3.05, 3.63) is 70.3 Å². The van der Waals surface area contributed by atoms with Crippen LogP contribution in [0.1, 0.15) is 18.5 Å². The van der Waals surface area contributed by atoms with Crippen molar-refractivity contribution in [2.24, 2.45) is 5.10 Å². The van der Waals surface area contributed by atoms with Crippen LogP contribution in [0.5, 0.6) is 5.75 Å². The van der Waals surface area contributed by atoms with Gasteiger partial charge in [-0.3, -0.25) is 14.4 Å². The highest BCUT2D eigenvalue weighted by atomic mass is 19.1. The molecule has 32 heavy (non-hydrogen) atoms. The molecule has 1 aliphatic rings. The molecule has 0 saturated carbocycles. The van der Waals surface area contributed by atoms with Gasteiger partial charge in [-0.15, -0.1) is 0 Å². The van der Waals surface area contributed by atoms with E-state index in [0.29, 0.717) is 29.4 Å². The van der Waals surface area contributed by atoms with Crippen LogP contribution in [-0.2, 0) is 5.60 Å². The van der Waals surface area contributed by atoms with Crippen LogP contribution in [0.2, 0.25) is 0 Å². The predicted molar refractivity (Wildman–Crippen MR) is 115 cm³/mol. The third kappa shape index (κ3) is 3.77. The molecule has 1 aliphatic heterocycles. The molecule has 0 spiro atoms. The topological polar surface area (TPSA) is 83.2 Å². The number of ether oxygens (including phenoxy) is 1. The van der Waals surface area contributed by atoms with Gasteiger partial charge in [-0.2, -0.15) is 5.10 Å². The van der Waals surface area contributed by atoms with Crippen LogP contribution >= 0.6 is 0 Å². The minimum atomic E-state index is -1.93. The van der Waals surface area contributed by atoms with Crippen molar-refractivity contribution in [2.45, 2.75) is 18.6 Å². The summed E-state index contributed by atoms with van der Waals surface area (Å²) in [5.74, 6) is -1.20. The molecule has 3 aromatic rings. The van der Waals surface area contributed by atoms with Gasteiger partial charge in [0.25, 0.3) is 5.56 Å². The van der Waals surface area contributed by atoms with Gasteiger partial charge in [-0.1, -0.05) is 6.07 Å². The third-order valence-electron chi connectivity index (χ3n) is 5.72. The fraction of sp³-hybridized carbons (Fsp3) is 0.318. The minimum absolute atomic E-state index is 0.139. The molecule has 1 aromatic heterocycles. The molecule has 168 valence electrons. The SMILES string of the molecule is COc1ccc2ncn([C@H](C)[C@](O)(CN3CN(C)C=N3)c3ccc(F)cc3F)c(=O)c2c1. The zero-order valence-electron chi connectivity index (χ0n) is 17.9. The summed E-state index contributed by atoms with van der Waals surface area (Å²) in [5, 5.41) is 17.9. The van der Waals surface area contributed by atoms with Crippen LogP contribution in [0.3, 0.4) is 0 Å². The zero-order valence-corrected chi connectivity index (χ0v) is 17.9. The van der Waals surface area contributed by atoms with E-state index in [0.717, 1.165) is 6.07 Å². The van der Waals surface area contributed by atoms with Gasteiger partial charge < -0.3 is 14.7 Å². The van der Waals surface area contributed by atoms with E-state index >= 15 is 0 Å². The first-order chi connectivity index (χ1) is 15.2. The number of aromatic nitrogens is 2. The van der Waals surface area contributed by atoms with Crippen molar-refractivity contribution in [1.82, 2.24) is 19.5 Å². The monoisotopic (exact) mass is 443 g/mol. The summed E-state index contributed by atoms with van der Waals surface area (Å²) in [6.45, 7) is 1.81. The Hall–Kier alpha value is -3.53. The molecule has 0 radical (unpaired) electrons. The fourth-order valence-corrected chi connectivity index (χ4v) is 3.89. The van der Waals surface area contributed by atoms with E-state index in [1.807, 2.05) is 0 Å². The van der Waals surface area contributed by atoms with Crippen molar-refractivity contribution >= 4 is 17.2 Å². The molecule has 0 amide bonds. The number of aliphatic hydroxyl groups is 1. The Bertz CT molecular complexity index is 1250. The summed E-state index contributed by atoms with van der Waals surface area (Å²) in [6, 6.07) is 6.90. The van der Waals surface area contributed by atoms with Gasteiger partial charge in [0.05, 0.1) is 36.9 Å². The van der Waals surface area contributed by atoms with Crippen molar-refractivity contribution in [1.29, 1.82) is 0 Å². The number of hydrazone groups is 1. The number of nitrogens with zero attached hydrogens (tertiary/aromatic N) is 5. The largest absolute Gasteiger partial charge is 0.497 e. The van der Waals surface area contributed by atoms with Gasteiger partial charge in [0, 0.05) is 18.7 Å². The molecule has 1 N–H and O–H groups in total. The van der Waals surface area contributed by atoms with E-state index < -0.39 is 28.8 Å². The van der Waals surface area contributed by atoms with Crippen molar-refractivity contribution in [2.75, 3.05) is 27.4 Å². The Labute approximate surface area is 183 Å². The molecule has 2 heterocycles. The number of methoxy groups -OCH3 is 1. The molecule has 2 aromatic carbocycles. The molecule has 8 nitrogen and oxygen atoms in total. The van der Waals surface area contributed by atoms with Gasteiger partial charge in [-0.25, -0.2) is 13.8 Å². The second-order valence-corrected chi connectivity index (χ2v) is 7.86. The quantitative estimate of drug-likeness (QED) is 0.630. The number of fused-ring (bicyclic) bond motifs is 1. The number of hydrogen-bond acceptors (Lipinski definition) is 7. The van der Waals surface area contributed by atoms with Gasteiger partial charge in [-0.05, 0) is 31.2 Å². The third-order valence-corrected chi connectivity index (χ3v) is 5.72. The molecule has 10 heteroatoms. The highest BCUT2D eigenvalue weighted by Crippen LogP contribution is 2.36. The van der Waals surface area contributed by atoms with Crippen LogP contribution in [0, 0.1) is 11.6 Å². The summed E-state index contributed by atoms with van der Waals surface area (Å²) >= 11 is 0. The van der Waals surface area contributed by atoms with Crippen LogP contribution in [-0.4, -0.2) is 58.3 Å². The van der Waals surface area contributed by atoms with Crippen LogP contribution in [0.25, 0.3) is 10.9 Å². The lowest BCUT2D eigenvalue weighted by Crippen LogP contribution is -2.47. The Balaban J connectivity index is 1.84. The van der Waals surface area contributed by atoms with E-state index in [-0.39, 0.29) is 12.1 Å². The maximum atomic E-state index is 14.8. The summed E-state index contributed by atoms with van der Waals surface area (Å²) < 4.78 is 34.9. The second-order valence-electron chi connectivity index (χ2n) is 7.86. The van der Waals surface area contributed by atoms with Crippen LogP contribution in [0.15, 0.2) is 52.6 Å².